The van der Waals surface area contributed by atoms with E-state index in [0.29, 0.717) is 5.56 Å². The number of nitriles is 1. The number of hydrogen-bond donors (Lipinski definition) is 0. The van der Waals surface area contributed by atoms with Crippen molar-refractivity contribution >= 4 is 6.08 Å². The zero-order chi connectivity index (χ0) is 10.4. The standard InChI is InChI=1S/C13H13N/c1-3-11(2)4-5-12-6-8-13(10-14)9-7-12/h4-9H,2-3H2,1H3/b5-4+. The Balaban J connectivity index is 2.74. The highest BCUT2D eigenvalue weighted by Crippen LogP contribution is 2.07. The van der Waals surface area contributed by atoms with Crippen molar-refractivity contribution in [2.24, 2.45) is 0 Å². The van der Waals surface area contributed by atoms with Crippen molar-refractivity contribution in [3.05, 3.63) is 53.6 Å². The molecule has 0 saturated heterocycles. The first kappa shape index (κ1) is 10.3. The predicted octanol–water partition coefficient (Wildman–Crippen LogP) is 3.54. The lowest BCUT2D eigenvalue weighted by molar-refractivity contribution is 1.16. The van der Waals surface area contributed by atoms with Crippen LogP contribution in [-0.2, 0) is 0 Å². The van der Waals surface area contributed by atoms with Crippen molar-refractivity contribution in [1.29, 1.82) is 5.26 Å². The summed E-state index contributed by atoms with van der Waals surface area (Å²) >= 11 is 0. The van der Waals surface area contributed by atoms with Crippen LogP contribution in [0.4, 0.5) is 0 Å². The lowest BCUT2D eigenvalue weighted by Crippen LogP contribution is -1.75. The van der Waals surface area contributed by atoms with Crippen LogP contribution in [-0.4, -0.2) is 0 Å². The SMILES string of the molecule is C=C(/C=C/c1ccc(C#N)cc1)CC. The largest absolute Gasteiger partial charge is 0.192 e. The van der Waals surface area contributed by atoms with Gasteiger partial charge in [-0.2, -0.15) is 5.26 Å². The minimum absolute atomic E-state index is 0.691. The third-order valence-corrected chi connectivity index (χ3v) is 2.01. The van der Waals surface area contributed by atoms with Crippen molar-refractivity contribution in [2.75, 3.05) is 0 Å². The molecule has 0 unspecified atom stereocenters. The molecule has 1 aromatic rings. The average Bonchev–Trinajstić information content (AvgIpc) is 2.26. The van der Waals surface area contributed by atoms with Gasteiger partial charge in [0.25, 0.3) is 0 Å². The van der Waals surface area contributed by atoms with Crippen LogP contribution in [0.25, 0.3) is 6.08 Å². The van der Waals surface area contributed by atoms with Crippen LogP contribution in [0.3, 0.4) is 0 Å². The van der Waals surface area contributed by atoms with Crippen LogP contribution >= 0.6 is 0 Å². The first-order chi connectivity index (χ1) is 6.76. The highest BCUT2D eigenvalue weighted by Gasteiger charge is 1.89. The van der Waals surface area contributed by atoms with Gasteiger partial charge < -0.3 is 0 Å². The Labute approximate surface area is 85.0 Å². The quantitative estimate of drug-likeness (QED) is 0.657. The van der Waals surface area contributed by atoms with Gasteiger partial charge in [0.15, 0.2) is 0 Å². The maximum Gasteiger partial charge on any atom is 0.0991 e. The van der Waals surface area contributed by atoms with E-state index in [4.69, 9.17) is 5.26 Å². The second kappa shape index (κ2) is 5.04. The molecule has 0 aromatic heterocycles. The van der Waals surface area contributed by atoms with E-state index in [1.165, 1.54) is 0 Å². The van der Waals surface area contributed by atoms with Crippen molar-refractivity contribution in [3.63, 3.8) is 0 Å². The summed E-state index contributed by atoms with van der Waals surface area (Å²) in [5, 5.41) is 8.60. The van der Waals surface area contributed by atoms with E-state index in [0.717, 1.165) is 17.6 Å². The van der Waals surface area contributed by atoms with Gasteiger partial charge in [0, 0.05) is 0 Å². The third kappa shape index (κ3) is 2.91. The number of benzene rings is 1. The first-order valence-corrected chi connectivity index (χ1v) is 4.62. The van der Waals surface area contributed by atoms with E-state index in [1.54, 1.807) is 0 Å². The van der Waals surface area contributed by atoms with Crippen molar-refractivity contribution in [1.82, 2.24) is 0 Å². The normalized spacial score (nSPS) is 10.0. The van der Waals surface area contributed by atoms with E-state index >= 15 is 0 Å². The molecule has 0 saturated carbocycles. The molecule has 0 N–H and O–H groups in total. The Bertz CT molecular complexity index is 377. The average molecular weight is 183 g/mol. The predicted molar refractivity (Wildman–Crippen MR) is 59.6 cm³/mol. The molecule has 0 atom stereocenters. The van der Waals surface area contributed by atoms with Gasteiger partial charge in [0.1, 0.15) is 0 Å². The highest BCUT2D eigenvalue weighted by atomic mass is 14.2. The van der Waals surface area contributed by atoms with Gasteiger partial charge in [-0.25, -0.2) is 0 Å². The molecule has 0 bridgehead atoms. The first-order valence-electron chi connectivity index (χ1n) is 4.62. The summed E-state index contributed by atoms with van der Waals surface area (Å²) < 4.78 is 0. The van der Waals surface area contributed by atoms with Gasteiger partial charge in [0.05, 0.1) is 11.6 Å². The molecule has 0 aliphatic heterocycles. The molecule has 1 rings (SSSR count). The fraction of sp³-hybridized carbons (Fsp3) is 0.154. The number of hydrogen-bond acceptors (Lipinski definition) is 1. The molecule has 1 heteroatoms. The molecule has 0 radical (unpaired) electrons. The van der Waals surface area contributed by atoms with E-state index in [9.17, 15) is 0 Å². The highest BCUT2D eigenvalue weighted by molar-refractivity contribution is 5.53. The summed E-state index contributed by atoms with van der Waals surface area (Å²) in [5.41, 5.74) is 2.89. The summed E-state index contributed by atoms with van der Waals surface area (Å²) in [5.74, 6) is 0. The van der Waals surface area contributed by atoms with E-state index < -0.39 is 0 Å². The molecule has 70 valence electrons. The zero-order valence-corrected chi connectivity index (χ0v) is 8.33. The maximum atomic E-state index is 8.60. The number of rotatable bonds is 3. The van der Waals surface area contributed by atoms with Crippen LogP contribution in [0.5, 0.6) is 0 Å². The van der Waals surface area contributed by atoms with Crippen molar-refractivity contribution in [3.8, 4) is 6.07 Å². The molecule has 14 heavy (non-hydrogen) atoms. The lowest BCUT2D eigenvalue weighted by atomic mass is 10.1. The van der Waals surface area contributed by atoms with Crippen LogP contribution in [0.15, 0.2) is 42.5 Å². The molecular weight excluding hydrogens is 170 g/mol. The fourth-order valence-electron chi connectivity index (χ4n) is 1.00. The molecule has 0 fully saturated rings. The third-order valence-electron chi connectivity index (χ3n) is 2.01. The van der Waals surface area contributed by atoms with Crippen LogP contribution in [0, 0.1) is 11.3 Å². The molecule has 1 nitrogen and oxygen atoms in total. The Morgan fingerprint density at radius 1 is 1.43 bits per heavy atom. The summed E-state index contributed by atoms with van der Waals surface area (Å²) in [7, 11) is 0. The molecule has 0 aliphatic rings. The van der Waals surface area contributed by atoms with Crippen LogP contribution in [0.1, 0.15) is 24.5 Å². The lowest BCUT2D eigenvalue weighted by Gasteiger charge is -1.94. The molecule has 0 aliphatic carbocycles. The fourth-order valence-corrected chi connectivity index (χ4v) is 1.00. The monoisotopic (exact) mass is 183 g/mol. The summed E-state index contributed by atoms with van der Waals surface area (Å²) in [4.78, 5) is 0. The minimum atomic E-state index is 0.691. The van der Waals surface area contributed by atoms with Gasteiger partial charge >= 0.3 is 0 Å². The summed E-state index contributed by atoms with van der Waals surface area (Å²) in [6, 6.07) is 9.57. The second-order valence-electron chi connectivity index (χ2n) is 3.08. The summed E-state index contributed by atoms with van der Waals surface area (Å²) in [6.45, 7) is 5.96. The van der Waals surface area contributed by atoms with Crippen LogP contribution in [0.2, 0.25) is 0 Å². The summed E-state index contributed by atoms with van der Waals surface area (Å²) in [6.07, 6.45) is 4.97. The van der Waals surface area contributed by atoms with Crippen molar-refractivity contribution in [2.45, 2.75) is 13.3 Å². The van der Waals surface area contributed by atoms with Gasteiger partial charge in [-0.05, 0) is 24.1 Å². The molecule has 1 aromatic carbocycles. The molecule has 0 heterocycles. The smallest absolute Gasteiger partial charge is 0.0991 e. The molecule has 0 amide bonds. The van der Waals surface area contributed by atoms with Crippen LogP contribution < -0.4 is 0 Å². The van der Waals surface area contributed by atoms with Gasteiger partial charge in [0.2, 0.25) is 0 Å². The number of allylic oxidation sites excluding steroid dienone is 2. The number of nitrogens with zero attached hydrogens (tertiary/aromatic N) is 1. The van der Waals surface area contributed by atoms with Gasteiger partial charge in [-0.1, -0.05) is 43.4 Å². The molecular formula is C13H13N. The van der Waals surface area contributed by atoms with E-state index in [2.05, 4.69) is 19.6 Å². The minimum Gasteiger partial charge on any atom is -0.192 e. The van der Waals surface area contributed by atoms with E-state index in [-0.39, 0.29) is 0 Å². The Morgan fingerprint density at radius 2 is 2.07 bits per heavy atom. The van der Waals surface area contributed by atoms with Crippen molar-refractivity contribution < 1.29 is 0 Å². The van der Waals surface area contributed by atoms with Gasteiger partial charge in [-0.3, -0.25) is 0 Å². The molecule has 0 spiro atoms. The van der Waals surface area contributed by atoms with E-state index in [1.807, 2.05) is 36.4 Å². The maximum absolute atomic E-state index is 8.60. The van der Waals surface area contributed by atoms with Gasteiger partial charge in [-0.15, -0.1) is 0 Å². The zero-order valence-electron chi connectivity index (χ0n) is 8.33. The Hall–Kier alpha value is -1.81. The topological polar surface area (TPSA) is 23.8 Å². The second-order valence-corrected chi connectivity index (χ2v) is 3.08. The Kier molecular flexibility index (Phi) is 3.69. The Morgan fingerprint density at radius 3 is 2.57 bits per heavy atom.